The van der Waals surface area contributed by atoms with Crippen LogP contribution in [0.4, 0.5) is 5.69 Å². The van der Waals surface area contributed by atoms with Gasteiger partial charge in [0.25, 0.3) is 5.91 Å². The molecule has 1 N–H and O–H groups in total. The first-order valence-corrected chi connectivity index (χ1v) is 11.5. The van der Waals surface area contributed by atoms with E-state index in [-0.39, 0.29) is 5.76 Å². The van der Waals surface area contributed by atoms with E-state index in [9.17, 15) is 4.79 Å². The minimum absolute atomic E-state index is 0.146. The Balaban J connectivity index is 1.41. The van der Waals surface area contributed by atoms with Crippen LogP contribution in [0.1, 0.15) is 10.6 Å². The van der Waals surface area contributed by atoms with E-state index >= 15 is 0 Å². The summed E-state index contributed by atoms with van der Waals surface area (Å²) in [4.78, 5) is 17.4. The topological polar surface area (TPSA) is 55.1 Å². The number of anilines is 1. The van der Waals surface area contributed by atoms with Gasteiger partial charge in [-0.2, -0.15) is 0 Å². The van der Waals surface area contributed by atoms with Gasteiger partial charge in [-0.05, 0) is 54.6 Å². The number of carbonyl (C=O) groups is 1. The molecule has 0 atom stereocenters. The molecule has 5 aromatic rings. The Morgan fingerprint density at radius 1 is 0.875 bits per heavy atom. The fourth-order valence-electron chi connectivity index (χ4n) is 3.25. The molecule has 0 aliphatic rings. The SMILES string of the molecule is O=C(Nc1ccc(Cl)c(-c2nc3ccccc3s2)c1)c1ccc(-c2cccc(Cl)c2Cl)o1. The Kier molecular flexibility index (Phi) is 5.66. The quantitative estimate of drug-likeness (QED) is 0.270. The van der Waals surface area contributed by atoms with E-state index in [1.54, 1.807) is 59.9 Å². The zero-order chi connectivity index (χ0) is 22.2. The molecule has 2 aromatic heterocycles. The first kappa shape index (κ1) is 21.0. The monoisotopic (exact) mass is 498 g/mol. The van der Waals surface area contributed by atoms with Gasteiger partial charge in [0.1, 0.15) is 10.8 Å². The highest BCUT2D eigenvalue weighted by atomic mass is 35.5. The molecule has 5 rings (SSSR count). The molecular weight excluding hydrogens is 487 g/mol. The van der Waals surface area contributed by atoms with Crippen LogP contribution < -0.4 is 5.32 Å². The highest BCUT2D eigenvalue weighted by molar-refractivity contribution is 7.21. The lowest BCUT2D eigenvalue weighted by atomic mass is 10.2. The molecule has 0 aliphatic heterocycles. The van der Waals surface area contributed by atoms with Gasteiger partial charge in [-0.25, -0.2) is 4.98 Å². The number of furan rings is 1. The summed E-state index contributed by atoms with van der Waals surface area (Å²) in [5, 5.41) is 4.96. The van der Waals surface area contributed by atoms with E-state index in [4.69, 9.17) is 39.2 Å². The third kappa shape index (κ3) is 4.00. The highest BCUT2D eigenvalue weighted by Gasteiger charge is 2.17. The Morgan fingerprint density at radius 3 is 2.56 bits per heavy atom. The maximum absolute atomic E-state index is 12.8. The van der Waals surface area contributed by atoms with Gasteiger partial charge in [-0.3, -0.25) is 4.79 Å². The molecule has 2 heterocycles. The largest absolute Gasteiger partial charge is 0.451 e. The molecule has 0 saturated carbocycles. The summed E-state index contributed by atoms with van der Waals surface area (Å²) in [5.41, 5.74) is 2.84. The Labute approximate surface area is 202 Å². The second-order valence-corrected chi connectivity index (χ2v) is 9.12. The second kappa shape index (κ2) is 8.60. The second-order valence-electron chi connectivity index (χ2n) is 6.90. The van der Waals surface area contributed by atoms with Gasteiger partial charge in [0.05, 0.1) is 25.3 Å². The summed E-state index contributed by atoms with van der Waals surface area (Å²) in [6.07, 6.45) is 0. The highest BCUT2D eigenvalue weighted by Crippen LogP contribution is 2.37. The number of hydrogen-bond donors (Lipinski definition) is 1. The molecule has 158 valence electrons. The van der Waals surface area contributed by atoms with Crippen LogP contribution in [0.2, 0.25) is 15.1 Å². The maximum atomic E-state index is 12.8. The van der Waals surface area contributed by atoms with Gasteiger partial charge >= 0.3 is 0 Å². The van der Waals surface area contributed by atoms with Crippen LogP contribution in [0.3, 0.4) is 0 Å². The van der Waals surface area contributed by atoms with Gasteiger partial charge in [0, 0.05) is 16.8 Å². The lowest BCUT2D eigenvalue weighted by Gasteiger charge is -2.07. The van der Waals surface area contributed by atoms with E-state index < -0.39 is 5.91 Å². The van der Waals surface area contributed by atoms with Crippen molar-refractivity contribution in [1.82, 2.24) is 4.98 Å². The van der Waals surface area contributed by atoms with Crippen molar-refractivity contribution in [3.8, 4) is 21.9 Å². The number of aromatic nitrogens is 1. The molecule has 0 unspecified atom stereocenters. The fourth-order valence-corrected chi connectivity index (χ4v) is 4.90. The summed E-state index contributed by atoms with van der Waals surface area (Å²) in [5.74, 6) is 0.202. The summed E-state index contributed by atoms with van der Waals surface area (Å²) in [6.45, 7) is 0. The van der Waals surface area contributed by atoms with Crippen LogP contribution in [0.5, 0.6) is 0 Å². The van der Waals surface area contributed by atoms with Crippen molar-refractivity contribution in [2.75, 3.05) is 5.32 Å². The lowest BCUT2D eigenvalue weighted by molar-refractivity contribution is 0.0997. The number of rotatable bonds is 4. The fraction of sp³-hybridized carbons (Fsp3) is 0. The Morgan fingerprint density at radius 2 is 1.72 bits per heavy atom. The average Bonchev–Trinajstić information content (AvgIpc) is 3.44. The molecule has 3 aromatic carbocycles. The summed E-state index contributed by atoms with van der Waals surface area (Å²) < 4.78 is 6.79. The molecule has 0 saturated heterocycles. The van der Waals surface area contributed by atoms with E-state index in [1.165, 1.54) is 0 Å². The smallest absolute Gasteiger partial charge is 0.291 e. The molecule has 0 bridgehead atoms. The third-order valence-corrected chi connectivity index (χ3v) is 7.01. The normalized spacial score (nSPS) is 11.1. The number of fused-ring (bicyclic) bond motifs is 1. The number of hydrogen-bond acceptors (Lipinski definition) is 4. The molecule has 0 fully saturated rings. The number of nitrogens with zero attached hydrogens (tertiary/aromatic N) is 1. The van der Waals surface area contributed by atoms with Gasteiger partial charge in [-0.1, -0.05) is 53.0 Å². The first-order chi connectivity index (χ1) is 15.5. The van der Waals surface area contributed by atoms with Crippen molar-refractivity contribution in [2.24, 2.45) is 0 Å². The van der Waals surface area contributed by atoms with Gasteiger partial charge in [0.15, 0.2) is 5.76 Å². The van der Waals surface area contributed by atoms with Crippen molar-refractivity contribution < 1.29 is 9.21 Å². The van der Waals surface area contributed by atoms with Crippen molar-refractivity contribution in [1.29, 1.82) is 0 Å². The van der Waals surface area contributed by atoms with Gasteiger partial charge in [0.2, 0.25) is 0 Å². The Hall–Kier alpha value is -2.83. The molecule has 0 aliphatic carbocycles. The van der Waals surface area contributed by atoms with Gasteiger partial charge < -0.3 is 9.73 Å². The third-order valence-electron chi connectivity index (χ3n) is 4.80. The predicted molar refractivity (Wildman–Crippen MR) is 132 cm³/mol. The van der Waals surface area contributed by atoms with E-state index in [2.05, 4.69) is 10.3 Å². The van der Waals surface area contributed by atoms with E-state index in [0.29, 0.717) is 32.1 Å². The minimum Gasteiger partial charge on any atom is -0.451 e. The van der Waals surface area contributed by atoms with Crippen molar-refractivity contribution in [3.63, 3.8) is 0 Å². The number of carbonyl (C=O) groups excluding carboxylic acids is 1. The van der Waals surface area contributed by atoms with E-state index in [1.807, 2.05) is 24.3 Å². The minimum atomic E-state index is -0.396. The van der Waals surface area contributed by atoms with Crippen LogP contribution in [0.25, 0.3) is 32.1 Å². The van der Waals surface area contributed by atoms with Crippen molar-refractivity contribution in [3.05, 3.63) is 93.6 Å². The van der Waals surface area contributed by atoms with Crippen LogP contribution in [-0.4, -0.2) is 10.9 Å². The van der Waals surface area contributed by atoms with Crippen LogP contribution in [-0.2, 0) is 0 Å². The molecular formula is C24H13Cl3N2O2S. The molecule has 0 radical (unpaired) electrons. The number of para-hydroxylation sites is 1. The van der Waals surface area contributed by atoms with Crippen molar-refractivity contribution in [2.45, 2.75) is 0 Å². The van der Waals surface area contributed by atoms with Gasteiger partial charge in [-0.15, -0.1) is 11.3 Å². The van der Waals surface area contributed by atoms with E-state index in [0.717, 1.165) is 20.8 Å². The molecule has 0 spiro atoms. The zero-order valence-corrected chi connectivity index (χ0v) is 19.3. The summed E-state index contributed by atoms with van der Waals surface area (Å²) in [6, 6.07) is 21.6. The molecule has 8 heteroatoms. The summed E-state index contributed by atoms with van der Waals surface area (Å²) >= 11 is 20.3. The van der Waals surface area contributed by atoms with Crippen LogP contribution in [0, 0.1) is 0 Å². The average molecular weight is 500 g/mol. The summed E-state index contributed by atoms with van der Waals surface area (Å²) in [7, 11) is 0. The number of halogens is 3. The maximum Gasteiger partial charge on any atom is 0.291 e. The van der Waals surface area contributed by atoms with Crippen molar-refractivity contribution >= 4 is 68.0 Å². The number of amides is 1. The lowest BCUT2D eigenvalue weighted by Crippen LogP contribution is -2.10. The molecule has 32 heavy (non-hydrogen) atoms. The standard InChI is InChI=1S/C24H13Cl3N2O2S/c25-16-9-8-13(12-15(16)24-29-18-6-1-2-7-21(18)32-24)28-23(30)20-11-10-19(31-20)14-4-3-5-17(26)22(14)27/h1-12H,(H,28,30). The van der Waals surface area contributed by atoms with Crippen LogP contribution >= 0.6 is 46.1 Å². The first-order valence-electron chi connectivity index (χ1n) is 9.50. The Bertz CT molecular complexity index is 1440. The van der Waals surface area contributed by atoms with Crippen LogP contribution in [0.15, 0.2) is 77.2 Å². The molecule has 1 amide bonds. The molecule has 4 nitrogen and oxygen atoms in total. The predicted octanol–water partition coefficient (Wildman–Crippen LogP) is 8.44. The zero-order valence-electron chi connectivity index (χ0n) is 16.2. The number of thiazole rings is 1. The number of benzene rings is 3. The number of nitrogens with one attached hydrogen (secondary N) is 1.